The van der Waals surface area contributed by atoms with E-state index in [1.54, 1.807) is 18.2 Å². The molecule has 0 aromatic heterocycles. The second kappa shape index (κ2) is 4.65. The summed E-state index contributed by atoms with van der Waals surface area (Å²) in [5.74, 6) is 0.169. The minimum absolute atomic E-state index is 0.0363. The van der Waals surface area contributed by atoms with Crippen LogP contribution in [0, 0.1) is 0 Å². The van der Waals surface area contributed by atoms with Crippen molar-refractivity contribution in [1.29, 1.82) is 0 Å². The van der Waals surface area contributed by atoms with E-state index in [0.29, 0.717) is 6.42 Å². The Morgan fingerprint density at radius 2 is 1.84 bits per heavy atom. The van der Waals surface area contributed by atoms with Crippen molar-refractivity contribution < 1.29 is 9.90 Å². The molecule has 96 valence electrons. The standard InChI is InChI=1S/C15H14N2O2/c18-11-5-3-4-10(8-11)14-9-15(19)17-13-7-2-1-6-12(13)16-14/h1-8,14,16,18H,9H2,(H,17,19). The lowest BCUT2D eigenvalue weighted by molar-refractivity contribution is -0.116. The van der Waals surface area contributed by atoms with Crippen LogP contribution in [0.25, 0.3) is 0 Å². The molecule has 2 aromatic rings. The third kappa shape index (κ3) is 2.38. The minimum Gasteiger partial charge on any atom is -0.508 e. The van der Waals surface area contributed by atoms with Crippen molar-refractivity contribution in [1.82, 2.24) is 0 Å². The Hall–Kier alpha value is -2.49. The number of benzene rings is 2. The molecule has 3 rings (SSSR count). The van der Waals surface area contributed by atoms with Gasteiger partial charge >= 0.3 is 0 Å². The molecule has 0 aliphatic carbocycles. The molecule has 0 saturated carbocycles. The van der Waals surface area contributed by atoms with E-state index in [1.807, 2.05) is 30.3 Å². The highest BCUT2D eigenvalue weighted by Crippen LogP contribution is 2.32. The summed E-state index contributed by atoms with van der Waals surface area (Å²) in [6, 6.07) is 14.4. The van der Waals surface area contributed by atoms with Gasteiger partial charge < -0.3 is 15.7 Å². The van der Waals surface area contributed by atoms with Crippen molar-refractivity contribution in [3.8, 4) is 5.75 Å². The summed E-state index contributed by atoms with van der Waals surface area (Å²) < 4.78 is 0. The highest BCUT2D eigenvalue weighted by molar-refractivity contribution is 5.96. The molecule has 0 bridgehead atoms. The largest absolute Gasteiger partial charge is 0.508 e. The molecule has 0 saturated heterocycles. The number of carbonyl (C=O) groups excluding carboxylic acids is 1. The molecule has 1 amide bonds. The van der Waals surface area contributed by atoms with Crippen molar-refractivity contribution >= 4 is 17.3 Å². The second-order valence-corrected chi connectivity index (χ2v) is 4.59. The van der Waals surface area contributed by atoms with Gasteiger partial charge in [0.1, 0.15) is 5.75 Å². The van der Waals surface area contributed by atoms with Crippen LogP contribution in [0.3, 0.4) is 0 Å². The van der Waals surface area contributed by atoms with Gasteiger partial charge in [-0.1, -0.05) is 24.3 Å². The monoisotopic (exact) mass is 254 g/mol. The van der Waals surface area contributed by atoms with Gasteiger partial charge in [0.15, 0.2) is 0 Å². The topological polar surface area (TPSA) is 61.4 Å². The number of phenolic OH excluding ortho intramolecular Hbond substituents is 1. The van der Waals surface area contributed by atoms with Gasteiger partial charge in [0.25, 0.3) is 0 Å². The number of amides is 1. The summed E-state index contributed by atoms with van der Waals surface area (Å²) in [5, 5.41) is 15.8. The molecule has 1 aliphatic heterocycles. The summed E-state index contributed by atoms with van der Waals surface area (Å²) in [4.78, 5) is 11.9. The summed E-state index contributed by atoms with van der Waals surface area (Å²) in [7, 11) is 0. The fraction of sp³-hybridized carbons (Fsp3) is 0.133. The van der Waals surface area contributed by atoms with Crippen LogP contribution < -0.4 is 10.6 Å². The number of rotatable bonds is 1. The third-order valence-corrected chi connectivity index (χ3v) is 3.19. The first-order valence-electron chi connectivity index (χ1n) is 6.17. The maximum Gasteiger partial charge on any atom is 0.226 e. The highest BCUT2D eigenvalue weighted by Gasteiger charge is 2.21. The Bertz CT molecular complexity index is 625. The van der Waals surface area contributed by atoms with Crippen LogP contribution in [-0.4, -0.2) is 11.0 Å². The lowest BCUT2D eigenvalue weighted by Crippen LogP contribution is -2.15. The molecular weight excluding hydrogens is 240 g/mol. The molecule has 2 aromatic carbocycles. The van der Waals surface area contributed by atoms with E-state index in [1.165, 1.54) is 0 Å². The number of carbonyl (C=O) groups is 1. The van der Waals surface area contributed by atoms with E-state index in [2.05, 4.69) is 10.6 Å². The summed E-state index contributed by atoms with van der Waals surface area (Å²) in [6.45, 7) is 0. The van der Waals surface area contributed by atoms with Crippen molar-refractivity contribution in [3.63, 3.8) is 0 Å². The van der Waals surface area contributed by atoms with Crippen LogP contribution in [0.2, 0.25) is 0 Å². The molecule has 1 unspecified atom stereocenters. The van der Waals surface area contributed by atoms with Gasteiger partial charge in [0, 0.05) is 0 Å². The minimum atomic E-state index is -0.143. The van der Waals surface area contributed by atoms with Gasteiger partial charge in [-0.05, 0) is 29.8 Å². The number of anilines is 2. The Labute approximate surface area is 111 Å². The molecule has 3 N–H and O–H groups in total. The molecule has 4 nitrogen and oxygen atoms in total. The molecule has 19 heavy (non-hydrogen) atoms. The molecule has 1 aliphatic rings. The normalized spacial score (nSPS) is 17.9. The van der Waals surface area contributed by atoms with E-state index in [0.717, 1.165) is 16.9 Å². The lowest BCUT2D eigenvalue weighted by atomic mass is 10.0. The molecule has 0 spiro atoms. The van der Waals surface area contributed by atoms with Crippen molar-refractivity contribution in [3.05, 3.63) is 54.1 Å². The number of phenols is 1. The van der Waals surface area contributed by atoms with Gasteiger partial charge in [0.2, 0.25) is 5.91 Å². The maximum absolute atomic E-state index is 11.9. The molecule has 1 heterocycles. The lowest BCUT2D eigenvalue weighted by Gasteiger charge is -2.17. The fourth-order valence-electron chi connectivity index (χ4n) is 2.29. The quantitative estimate of drug-likeness (QED) is 0.733. The Morgan fingerprint density at radius 3 is 2.63 bits per heavy atom. The van der Waals surface area contributed by atoms with Gasteiger partial charge in [-0.15, -0.1) is 0 Å². The predicted molar refractivity (Wildman–Crippen MR) is 74.2 cm³/mol. The van der Waals surface area contributed by atoms with Gasteiger partial charge in [-0.2, -0.15) is 0 Å². The van der Waals surface area contributed by atoms with Crippen LogP contribution in [0.4, 0.5) is 11.4 Å². The summed E-state index contributed by atoms with van der Waals surface area (Å²) in [6.07, 6.45) is 0.331. The average Bonchev–Trinajstić information content (AvgIpc) is 2.56. The Balaban J connectivity index is 1.98. The van der Waals surface area contributed by atoms with Crippen LogP contribution in [0.15, 0.2) is 48.5 Å². The van der Waals surface area contributed by atoms with Crippen molar-refractivity contribution in [2.24, 2.45) is 0 Å². The highest BCUT2D eigenvalue weighted by atomic mass is 16.3. The zero-order valence-corrected chi connectivity index (χ0v) is 10.3. The van der Waals surface area contributed by atoms with Crippen molar-refractivity contribution in [2.45, 2.75) is 12.5 Å². The number of para-hydroxylation sites is 2. The Morgan fingerprint density at radius 1 is 1.05 bits per heavy atom. The van der Waals surface area contributed by atoms with Crippen molar-refractivity contribution in [2.75, 3.05) is 10.6 Å². The predicted octanol–water partition coefficient (Wildman–Crippen LogP) is 2.89. The molecule has 0 radical (unpaired) electrons. The summed E-state index contributed by atoms with van der Waals surface area (Å²) in [5.41, 5.74) is 2.57. The first kappa shape index (κ1) is 11.6. The number of hydrogen-bond acceptors (Lipinski definition) is 3. The molecular formula is C15H14N2O2. The van der Waals surface area contributed by atoms with Gasteiger partial charge in [-0.3, -0.25) is 4.79 Å². The zero-order chi connectivity index (χ0) is 13.2. The van der Waals surface area contributed by atoms with Crippen LogP contribution in [0.1, 0.15) is 18.0 Å². The van der Waals surface area contributed by atoms with Crippen LogP contribution in [-0.2, 0) is 4.79 Å². The first-order valence-corrected chi connectivity index (χ1v) is 6.17. The van der Waals surface area contributed by atoms with E-state index in [9.17, 15) is 9.90 Å². The van der Waals surface area contributed by atoms with Crippen LogP contribution >= 0.6 is 0 Å². The second-order valence-electron chi connectivity index (χ2n) is 4.59. The maximum atomic E-state index is 11.9. The summed E-state index contributed by atoms with van der Waals surface area (Å²) >= 11 is 0. The molecule has 0 fully saturated rings. The van der Waals surface area contributed by atoms with E-state index in [4.69, 9.17) is 0 Å². The Kier molecular flexibility index (Phi) is 2.83. The third-order valence-electron chi connectivity index (χ3n) is 3.19. The van der Waals surface area contributed by atoms with Gasteiger partial charge in [-0.25, -0.2) is 0 Å². The van der Waals surface area contributed by atoms with E-state index in [-0.39, 0.29) is 17.7 Å². The number of nitrogens with one attached hydrogen (secondary N) is 2. The number of fused-ring (bicyclic) bond motifs is 1. The zero-order valence-electron chi connectivity index (χ0n) is 10.3. The smallest absolute Gasteiger partial charge is 0.226 e. The first-order chi connectivity index (χ1) is 9.22. The van der Waals surface area contributed by atoms with Crippen LogP contribution in [0.5, 0.6) is 5.75 Å². The molecule has 1 atom stereocenters. The average molecular weight is 254 g/mol. The molecule has 4 heteroatoms. The van der Waals surface area contributed by atoms with E-state index < -0.39 is 0 Å². The number of aromatic hydroxyl groups is 1. The van der Waals surface area contributed by atoms with E-state index >= 15 is 0 Å². The fourth-order valence-corrected chi connectivity index (χ4v) is 2.29. The SMILES string of the molecule is O=C1CC(c2cccc(O)c2)Nc2ccccc2N1. The van der Waals surface area contributed by atoms with Gasteiger partial charge in [0.05, 0.1) is 23.8 Å². The number of hydrogen-bond donors (Lipinski definition) is 3.